The second-order valence-electron chi connectivity index (χ2n) is 7.14. The minimum atomic E-state index is -0.354. The number of thioether (sulfide) groups is 1. The maximum Gasteiger partial charge on any atom is 0.229 e. The maximum absolute atomic E-state index is 12.7. The fourth-order valence-electron chi connectivity index (χ4n) is 3.36. The molecular formula is C23H22N4O2S. The van der Waals surface area contributed by atoms with Gasteiger partial charge in [0.15, 0.2) is 0 Å². The molecular weight excluding hydrogens is 396 g/mol. The molecule has 2 amide bonds. The lowest BCUT2D eigenvalue weighted by molar-refractivity contribution is -0.128. The van der Waals surface area contributed by atoms with E-state index in [1.54, 1.807) is 29.1 Å². The second-order valence-corrected chi connectivity index (χ2v) is 8.14. The third kappa shape index (κ3) is 5.24. The molecule has 4 rings (SSSR count). The Hall–Kier alpha value is -3.19. The van der Waals surface area contributed by atoms with Crippen molar-refractivity contribution in [2.75, 3.05) is 11.9 Å². The van der Waals surface area contributed by atoms with Crippen molar-refractivity contribution in [3.05, 3.63) is 84.3 Å². The van der Waals surface area contributed by atoms with Gasteiger partial charge < -0.3 is 10.2 Å². The van der Waals surface area contributed by atoms with Crippen LogP contribution in [0.15, 0.2) is 78.1 Å². The van der Waals surface area contributed by atoms with E-state index in [1.165, 1.54) is 0 Å². The van der Waals surface area contributed by atoms with E-state index < -0.39 is 0 Å². The number of hydrogen-bond acceptors (Lipinski definition) is 5. The lowest BCUT2D eigenvalue weighted by Crippen LogP contribution is -2.28. The second kappa shape index (κ2) is 9.54. The fourth-order valence-corrected chi connectivity index (χ4v) is 4.17. The van der Waals surface area contributed by atoms with Crippen molar-refractivity contribution in [2.45, 2.75) is 23.7 Å². The summed E-state index contributed by atoms with van der Waals surface area (Å²) in [5.41, 5.74) is 2.67. The topological polar surface area (TPSA) is 75.2 Å². The van der Waals surface area contributed by atoms with Crippen molar-refractivity contribution >= 4 is 29.3 Å². The summed E-state index contributed by atoms with van der Waals surface area (Å²) in [4.78, 5) is 35.3. The van der Waals surface area contributed by atoms with Gasteiger partial charge in [0.1, 0.15) is 0 Å². The number of hydrogen-bond donors (Lipinski definition) is 1. The number of anilines is 1. The Morgan fingerprint density at radius 3 is 2.67 bits per heavy atom. The molecule has 0 aliphatic carbocycles. The third-order valence-corrected chi connectivity index (χ3v) is 5.90. The zero-order valence-electron chi connectivity index (χ0n) is 16.4. The van der Waals surface area contributed by atoms with Gasteiger partial charge in [-0.15, -0.1) is 11.8 Å². The van der Waals surface area contributed by atoms with Crippen LogP contribution >= 0.6 is 11.8 Å². The summed E-state index contributed by atoms with van der Waals surface area (Å²) >= 11 is 1.65. The SMILES string of the molecule is O=C(Nc1cccc(CSc2ccccn2)c1)C1CC(=O)N(Cc2ccccn2)C1. The Labute approximate surface area is 179 Å². The van der Waals surface area contributed by atoms with E-state index in [2.05, 4.69) is 15.3 Å². The van der Waals surface area contributed by atoms with Gasteiger partial charge in [-0.05, 0) is 42.0 Å². The summed E-state index contributed by atoms with van der Waals surface area (Å²) in [6, 6.07) is 19.2. The molecule has 1 aliphatic rings. The van der Waals surface area contributed by atoms with Crippen LogP contribution in [-0.2, 0) is 21.9 Å². The smallest absolute Gasteiger partial charge is 0.229 e. The van der Waals surface area contributed by atoms with E-state index in [9.17, 15) is 9.59 Å². The Balaban J connectivity index is 1.33. The zero-order valence-corrected chi connectivity index (χ0v) is 17.2. The van der Waals surface area contributed by atoms with Gasteiger partial charge in [-0.25, -0.2) is 4.98 Å². The van der Waals surface area contributed by atoms with Crippen molar-refractivity contribution in [1.82, 2.24) is 14.9 Å². The fraction of sp³-hybridized carbons (Fsp3) is 0.217. The van der Waals surface area contributed by atoms with Crippen LogP contribution in [0, 0.1) is 5.92 Å². The molecule has 0 spiro atoms. The number of rotatable bonds is 7. The minimum Gasteiger partial charge on any atom is -0.336 e. The summed E-state index contributed by atoms with van der Waals surface area (Å²) in [5.74, 6) is 0.274. The van der Waals surface area contributed by atoms with Crippen molar-refractivity contribution in [1.29, 1.82) is 0 Å². The van der Waals surface area contributed by atoms with Crippen LogP contribution in [0.25, 0.3) is 0 Å². The van der Waals surface area contributed by atoms with E-state index in [1.807, 2.05) is 60.7 Å². The van der Waals surface area contributed by atoms with Crippen LogP contribution in [0.4, 0.5) is 5.69 Å². The van der Waals surface area contributed by atoms with Crippen molar-refractivity contribution in [3.63, 3.8) is 0 Å². The quantitative estimate of drug-likeness (QED) is 0.592. The molecule has 1 unspecified atom stereocenters. The van der Waals surface area contributed by atoms with E-state index in [-0.39, 0.29) is 24.2 Å². The van der Waals surface area contributed by atoms with Crippen LogP contribution < -0.4 is 5.32 Å². The molecule has 0 saturated carbocycles. The molecule has 3 heterocycles. The van der Waals surface area contributed by atoms with Crippen LogP contribution in [0.3, 0.4) is 0 Å². The molecule has 152 valence electrons. The Kier molecular flexibility index (Phi) is 6.39. The molecule has 1 aliphatic heterocycles. The van der Waals surface area contributed by atoms with Gasteiger partial charge in [-0.2, -0.15) is 0 Å². The van der Waals surface area contributed by atoms with E-state index in [0.717, 1.165) is 27.7 Å². The molecule has 1 aromatic carbocycles. The molecule has 30 heavy (non-hydrogen) atoms. The van der Waals surface area contributed by atoms with E-state index >= 15 is 0 Å². The van der Waals surface area contributed by atoms with Gasteiger partial charge in [-0.1, -0.05) is 24.3 Å². The summed E-state index contributed by atoms with van der Waals surface area (Å²) in [6.07, 6.45) is 3.71. The summed E-state index contributed by atoms with van der Waals surface area (Å²) in [6.45, 7) is 0.847. The maximum atomic E-state index is 12.7. The van der Waals surface area contributed by atoms with Crippen molar-refractivity contribution in [3.8, 4) is 0 Å². The molecule has 7 heteroatoms. The molecule has 6 nitrogen and oxygen atoms in total. The predicted molar refractivity (Wildman–Crippen MR) is 117 cm³/mol. The highest BCUT2D eigenvalue weighted by atomic mass is 32.2. The van der Waals surface area contributed by atoms with Gasteiger partial charge in [-0.3, -0.25) is 14.6 Å². The first kappa shape index (κ1) is 20.1. The number of carbonyl (C=O) groups is 2. The molecule has 1 atom stereocenters. The lowest BCUT2D eigenvalue weighted by atomic mass is 10.1. The molecule has 2 aromatic heterocycles. The van der Waals surface area contributed by atoms with E-state index in [0.29, 0.717) is 13.1 Å². The number of nitrogens with zero attached hydrogens (tertiary/aromatic N) is 3. The third-order valence-electron chi connectivity index (χ3n) is 4.88. The summed E-state index contributed by atoms with van der Waals surface area (Å²) in [7, 11) is 0. The molecule has 1 N–H and O–H groups in total. The first-order valence-corrected chi connectivity index (χ1v) is 10.8. The number of nitrogens with one attached hydrogen (secondary N) is 1. The average molecular weight is 419 g/mol. The minimum absolute atomic E-state index is 0.0127. The largest absolute Gasteiger partial charge is 0.336 e. The van der Waals surface area contributed by atoms with E-state index in [4.69, 9.17) is 0 Å². The first-order chi connectivity index (χ1) is 14.7. The Morgan fingerprint density at radius 1 is 1.07 bits per heavy atom. The lowest BCUT2D eigenvalue weighted by Gasteiger charge is -2.16. The van der Waals surface area contributed by atoms with Gasteiger partial charge in [0, 0.05) is 36.8 Å². The number of likely N-dealkylation sites (tertiary alicyclic amines) is 1. The molecule has 0 radical (unpaired) electrons. The highest BCUT2D eigenvalue weighted by Gasteiger charge is 2.34. The number of amides is 2. The molecule has 1 fully saturated rings. The number of carbonyl (C=O) groups excluding carboxylic acids is 2. The molecule has 1 saturated heterocycles. The number of benzene rings is 1. The van der Waals surface area contributed by atoms with Crippen LogP contribution in [-0.4, -0.2) is 33.2 Å². The van der Waals surface area contributed by atoms with Gasteiger partial charge in [0.2, 0.25) is 11.8 Å². The van der Waals surface area contributed by atoms with Gasteiger partial charge >= 0.3 is 0 Å². The zero-order chi connectivity index (χ0) is 20.8. The average Bonchev–Trinajstić information content (AvgIpc) is 3.14. The van der Waals surface area contributed by atoms with Crippen LogP contribution in [0.2, 0.25) is 0 Å². The van der Waals surface area contributed by atoms with Crippen LogP contribution in [0.1, 0.15) is 17.7 Å². The van der Waals surface area contributed by atoms with Gasteiger partial charge in [0.05, 0.1) is 23.2 Å². The first-order valence-electron chi connectivity index (χ1n) is 9.79. The number of aromatic nitrogens is 2. The molecule has 3 aromatic rings. The Morgan fingerprint density at radius 2 is 1.90 bits per heavy atom. The number of pyridine rings is 2. The van der Waals surface area contributed by atoms with Gasteiger partial charge in [0.25, 0.3) is 0 Å². The highest BCUT2D eigenvalue weighted by molar-refractivity contribution is 7.98. The van der Waals surface area contributed by atoms with Crippen molar-refractivity contribution in [2.24, 2.45) is 5.92 Å². The monoisotopic (exact) mass is 418 g/mol. The van der Waals surface area contributed by atoms with Crippen molar-refractivity contribution < 1.29 is 9.59 Å². The summed E-state index contributed by atoms with van der Waals surface area (Å²) < 4.78 is 0. The highest BCUT2D eigenvalue weighted by Crippen LogP contribution is 2.24. The normalized spacial score (nSPS) is 15.9. The van der Waals surface area contributed by atoms with Crippen LogP contribution in [0.5, 0.6) is 0 Å². The predicted octanol–water partition coefficient (Wildman–Crippen LogP) is 3.76. The standard InChI is InChI=1S/C23H22N4O2S/c28-22-13-18(14-27(22)15-20-7-1-3-10-24-20)23(29)26-19-8-5-6-17(12-19)16-30-21-9-2-4-11-25-21/h1-12,18H,13-16H2,(H,26,29). The summed E-state index contributed by atoms with van der Waals surface area (Å²) in [5, 5.41) is 3.93. The molecule has 0 bridgehead atoms. The Bertz CT molecular complexity index is 1010.